The number of benzene rings is 1. The summed E-state index contributed by atoms with van der Waals surface area (Å²) in [6.07, 6.45) is 2.42. The lowest BCUT2D eigenvalue weighted by Gasteiger charge is -2.29. The van der Waals surface area contributed by atoms with E-state index in [-0.39, 0.29) is 0 Å². The van der Waals surface area contributed by atoms with Crippen LogP contribution in [0.2, 0.25) is 0 Å². The Balaban J connectivity index is 2.08. The zero-order valence-corrected chi connectivity index (χ0v) is 9.44. The van der Waals surface area contributed by atoms with Crippen LogP contribution in [0, 0.1) is 11.3 Å². The van der Waals surface area contributed by atoms with E-state index in [2.05, 4.69) is 11.4 Å². The lowest BCUT2D eigenvalue weighted by molar-refractivity contribution is 0.0619. The summed E-state index contributed by atoms with van der Waals surface area (Å²) in [4.78, 5) is 0. The summed E-state index contributed by atoms with van der Waals surface area (Å²) in [7, 11) is 1.77. The molecule has 1 aliphatic heterocycles. The SMILES string of the molecule is CO[C@H]1CCN[C@@H](c2ccc(C#N)cc2)C1. The van der Waals surface area contributed by atoms with Crippen molar-refractivity contribution in [2.24, 2.45) is 0 Å². The maximum Gasteiger partial charge on any atom is 0.0991 e. The molecule has 3 nitrogen and oxygen atoms in total. The van der Waals surface area contributed by atoms with E-state index in [1.165, 1.54) is 5.56 Å². The number of piperidine rings is 1. The fraction of sp³-hybridized carbons (Fsp3) is 0.462. The van der Waals surface area contributed by atoms with Gasteiger partial charge in [-0.2, -0.15) is 5.26 Å². The van der Waals surface area contributed by atoms with Crippen molar-refractivity contribution in [3.8, 4) is 6.07 Å². The molecule has 0 aromatic heterocycles. The van der Waals surface area contributed by atoms with Crippen LogP contribution in [0.3, 0.4) is 0 Å². The Kier molecular flexibility index (Phi) is 3.55. The van der Waals surface area contributed by atoms with E-state index in [1.807, 2.05) is 24.3 Å². The molecular formula is C13H16N2O. The van der Waals surface area contributed by atoms with Crippen LogP contribution in [0.4, 0.5) is 0 Å². The number of ether oxygens (including phenoxy) is 1. The van der Waals surface area contributed by atoms with Gasteiger partial charge in [-0.25, -0.2) is 0 Å². The van der Waals surface area contributed by atoms with Gasteiger partial charge in [-0.3, -0.25) is 0 Å². The number of methoxy groups -OCH3 is 1. The molecule has 1 N–H and O–H groups in total. The van der Waals surface area contributed by atoms with Gasteiger partial charge >= 0.3 is 0 Å². The van der Waals surface area contributed by atoms with Crippen molar-refractivity contribution in [1.82, 2.24) is 5.32 Å². The first kappa shape index (κ1) is 11.1. The molecule has 0 saturated carbocycles. The summed E-state index contributed by atoms with van der Waals surface area (Å²) >= 11 is 0. The van der Waals surface area contributed by atoms with Gasteiger partial charge in [-0.15, -0.1) is 0 Å². The Labute approximate surface area is 96.0 Å². The highest BCUT2D eigenvalue weighted by molar-refractivity contribution is 5.33. The molecule has 0 amide bonds. The molecule has 0 radical (unpaired) electrons. The number of hydrogen-bond acceptors (Lipinski definition) is 3. The summed E-state index contributed by atoms with van der Waals surface area (Å²) < 4.78 is 5.40. The van der Waals surface area contributed by atoms with Crippen LogP contribution >= 0.6 is 0 Å². The molecule has 2 atom stereocenters. The number of hydrogen-bond donors (Lipinski definition) is 1. The third-order valence-electron chi connectivity index (χ3n) is 3.13. The molecular weight excluding hydrogens is 200 g/mol. The molecule has 1 fully saturated rings. The van der Waals surface area contributed by atoms with E-state index in [0.717, 1.165) is 19.4 Å². The Morgan fingerprint density at radius 3 is 2.75 bits per heavy atom. The van der Waals surface area contributed by atoms with Crippen molar-refractivity contribution in [1.29, 1.82) is 5.26 Å². The van der Waals surface area contributed by atoms with Gasteiger partial charge in [0.15, 0.2) is 0 Å². The first-order valence-electron chi connectivity index (χ1n) is 5.59. The summed E-state index contributed by atoms with van der Waals surface area (Å²) in [5, 5.41) is 12.2. The smallest absolute Gasteiger partial charge is 0.0991 e. The van der Waals surface area contributed by atoms with Crippen LogP contribution in [-0.2, 0) is 4.74 Å². The first-order valence-corrected chi connectivity index (χ1v) is 5.59. The van der Waals surface area contributed by atoms with E-state index in [4.69, 9.17) is 10.00 Å². The largest absolute Gasteiger partial charge is 0.381 e. The van der Waals surface area contributed by atoms with Crippen LogP contribution in [0.25, 0.3) is 0 Å². The quantitative estimate of drug-likeness (QED) is 0.822. The molecule has 0 unspecified atom stereocenters. The van der Waals surface area contributed by atoms with Gasteiger partial charge < -0.3 is 10.1 Å². The third-order valence-corrected chi connectivity index (χ3v) is 3.13. The monoisotopic (exact) mass is 216 g/mol. The topological polar surface area (TPSA) is 45.0 Å². The summed E-state index contributed by atoms with van der Waals surface area (Å²) in [5.41, 5.74) is 1.95. The molecule has 2 rings (SSSR count). The van der Waals surface area contributed by atoms with Gasteiger partial charge in [0, 0.05) is 13.2 Å². The average Bonchev–Trinajstić information content (AvgIpc) is 2.39. The van der Waals surface area contributed by atoms with Gasteiger partial charge in [0.1, 0.15) is 0 Å². The highest BCUT2D eigenvalue weighted by Gasteiger charge is 2.22. The Bertz CT molecular complexity index is 380. The molecule has 0 bridgehead atoms. The molecule has 0 spiro atoms. The Hall–Kier alpha value is -1.37. The number of nitriles is 1. The van der Waals surface area contributed by atoms with E-state index >= 15 is 0 Å². The maximum absolute atomic E-state index is 8.73. The molecule has 0 aliphatic carbocycles. The van der Waals surface area contributed by atoms with Gasteiger partial charge in [-0.1, -0.05) is 12.1 Å². The second-order valence-electron chi connectivity index (χ2n) is 4.12. The van der Waals surface area contributed by atoms with Crippen LogP contribution in [0.15, 0.2) is 24.3 Å². The molecule has 3 heteroatoms. The number of nitrogens with zero attached hydrogens (tertiary/aromatic N) is 1. The molecule has 1 heterocycles. The van der Waals surface area contributed by atoms with Crippen LogP contribution in [0.1, 0.15) is 30.0 Å². The van der Waals surface area contributed by atoms with Gasteiger partial charge in [0.25, 0.3) is 0 Å². The van der Waals surface area contributed by atoms with Crippen LogP contribution in [-0.4, -0.2) is 19.8 Å². The minimum Gasteiger partial charge on any atom is -0.381 e. The lowest BCUT2D eigenvalue weighted by atomic mass is 9.95. The molecule has 84 valence electrons. The first-order chi connectivity index (χ1) is 7.83. The van der Waals surface area contributed by atoms with E-state index in [1.54, 1.807) is 7.11 Å². The van der Waals surface area contributed by atoms with Crippen molar-refractivity contribution in [3.05, 3.63) is 35.4 Å². The van der Waals surface area contributed by atoms with Crippen molar-refractivity contribution in [2.45, 2.75) is 25.0 Å². The minimum atomic E-state index is 0.349. The summed E-state index contributed by atoms with van der Waals surface area (Å²) in [6, 6.07) is 10.3. The van der Waals surface area contributed by atoms with Crippen LogP contribution in [0.5, 0.6) is 0 Å². The molecule has 16 heavy (non-hydrogen) atoms. The van der Waals surface area contributed by atoms with Gasteiger partial charge in [-0.05, 0) is 37.1 Å². The summed E-state index contributed by atoms with van der Waals surface area (Å²) in [6.45, 7) is 0.989. The molecule has 1 aromatic carbocycles. The predicted molar refractivity (Wildman–Crippen MR) is 61.9 cm³/mol. The molecule has 1 aromatic rings. The minimum absolute atomic E-state index is 0.349. The van der Waals surface area contributed by atoms with Crippen molar-refractivity contribution in [2.75, 3.05) is 13.7 Å². The highest BCUT2D eigenvalue weighted by Crippen LogP contribution is 2.24. The maximum atomic E-state index is 8.73. The second-order valence-corrected chi connectivity index (χ2v) is 4.12. The van der Waals surface area contributed by atoms with Crippen molar-refractivity contribution < 1.29 is 4.74 Å². The van der Waals surface area contributed by atoms with E-state index in [9.17, 15) is 0 Å². The average molecular weight is 216 g/mol. The standard InChI is InChI=1S/C13H16N2O/c1-16-12-6-7-15-13(8-12)11-4-2-10(9-14)3-5-11/h2-5,12-13,15H,6-8H2,1H3/t12-,13+/m0/s1. The highest BCUT2D eigenvalue weighted by atomic mass is 16.5. The third kappa shape index (κ3) is 2.41. The van der Waals surface area contributed by atoms with Gasteiger partial charge in [0.05, 0.1) is 17.7 Å². The fourth-order valence-electron chi connectivity index (χ4n) is 2.14. The zero-order valence-electron chi connectivity index (χ0n) is 9.44. The van der Waals surface area contributed by atoms with Gasteiger partial charge in [0.2, 0.25) is 0 Å². The van der Waals surface area contributed by atoms with E-state index in [0.29, 0.717) is 17.7 Å². The Morgan fingerprint density at radius 2 is 2.12 bits per heavy atom. The molecule has 1 aliphatic rings. The molecule has 1 saturated heterocycles. The predicted octanol–water partition coefficient (Wildman–Crippen LogP) is 2.00. The Morgan fingerprint density at radius 1 is 1.38 bits per heavy atom. The van der Waals surface area contributed by atoms with E-state index < -0.39 is 0 Å². The van der Waals surface area contributed by atoms with Crippen molar-refractivity contribution >= 4 is 0 Å². The number of rotatable bonds is 2. The summed E-state index contributed by atoms with van der Waals surface area (Å²) in [5.74, 6) is 0. The lowest BCUT2D eigenvalue weighted by Crippen LogP contribution is -2.35. The fourth-order valence-corrected chi connectivity index (χ4v) is 2.14. The second kappa shape index (κ2) is 5.11. The van der Waals surface area contributed by atoms with Crippen molar-refractivity contribution in [3.63, 3.8) is 0 Å². The number of nitrogens with one attached hydrogen (secondary N) is 1. The normalized spacial score (nSPS) is 25.0. The van der Waals surface area contributed by atoms with Crippen LogP contribution < -0.4 is 5.32 Å². The zero-order chi connectivity index (χ0) is 11.4.